The van der Waals surface area contributed by atoms with Gasteiger partial charge in [-0.1, -0.05) is 0 Å². The number of nitriles is 1. The van der Waals surface area contributed by atoms with Gasteiger partial charge in [0.2, 0.25) is 10.0 Å². The molecule has 3 heterocycles. The van der Waals surface area contributed by atoms with Crippen LogP contribution in [0.15, 0.2) is 46.2 Å². The molecule has 2 unspecified atom stereocenters. The van der Waals surface area contributed by atoms with E-state index in [9.17, 15) is 18.5 Å². The molecule has 3 atom stereocenters. The lowest BCUT2D eigenvalue weighted by Crippen LogP contribution is -2.51. The SMILES string of the molecule is N#CC[C@@H](C1CC1)n1nc(Nc2ccc(S(=O)(=O)N3CCOC4CCCC43)cc2)c2c(=O)[nH]ccc21. The molecule has 2 N–H and O–H groups in total. The Morgan fingerprint density at radius 2 is 2.00 bits per heavy atom. The van der Waals surface area contributed by atoms with Gasteiger partial charge in [-0.25, -0.2) is 8.42 Å². The van der Waals surface area contributed by atoms with Crippen LogP contribution in [0.1, 0.15) is 44.6 Å². The summed E-state index contributed by atoms with van der Waals surface area (Å²) in [6.07, 6.45) is 6.67. The molecule has 1 saturated heterocycles. The summed E-state index contributed by atoms with van der Waals surface area (Å²) < 4.78 is 35.9. The van der Waals surface area contributed by atoms with Crippen LogP contribution in [0.3, 0.4) is 0 Å². The van der Waals surface area contributed by atoms with Gasteiger partial charge < -0.3 is 15.0 Å². The normalized spacial score (nSPS) is 23.3. The molecule has 3 fully saturated rings. The molecule has 0 bridgehead atoms. The van der Waals surface area contributed by atoms with Crippen LogP contribution in [-0.4, -0.2) is 52.8 Å². The molecule has 3 aliphatic rings. The van der Waals surface area contributed by atoms with E-state index in [-0.39, 0.29) is 28.6 Å². The van der Waals surface area contributed by atoms with Crippen LogP contribution >= 0.6 is 0 Å². The number of morpholine rings is 1. The highest BCUT2D eigenvalue weighted by Crippen LogP contribution is 2.43. The molecule has 0 spiro atoms. The molecule has 2 aliphatic carbocycles. The number of anilines is 2. The zero-order valence-corrected chi connectivity index (χ0v) is 20.6. The smallest absolute Gasteiger partial charge is 0.261 e. The maximum Gasteiger partial charge on any atom is 0.261 e. The largest absolute Gasteiger partial charge is 0.375 e. The Balaban J connectivity index is 1.29. The number of nitrogens with zero attached hydrogens (tertiary/aromatic N) is 4. The van der Waals surface area contributed by atoms with E-state index in [0.717, 1.165) is 32.1 Å². The first-order valence-corrected chi connectivity index (χ1v) is 13.9. The Morgan fingerprint density at radius 3 is 2.75 bits per heavy atom. The van der Waals surface area contributed by atoms with Crippen molar-refractivity contribution in [3.63, 3.8) is 0 Å². The molecule has 11 heteroatoms. The third kappa shape index (κ3) is 3.99. The van der Waals surface area contributed by atoms with E-state index < -0.39 is 10.0 Å². The minimum absolute atomic E-state index is 0.0172. The van der Waals surface area contributed by atoms with E-state index in [1.165, 1.54) is 0 Å². The number of ether oxygens (including phenoxy) is 1. The van der Waals surface area contributed by atoms with Gasteiger partial charge in [0.1, 0.15) is 5.39 Å². The van der Waals surface area contributed by atoms with Crippen LogP contribution in [0, 0.1) is 17.2 Å². The van der Waals surface area contributed by atoms with E-state index in [0.29, 0.717) is 47.9 Å². The van der Waals surface area contributed by atoms with Gasteiger partial charge in [-0.3, -0.25) is 9.48 Å². The van der Waals surface area contributed by atoms with Gasteiger partial charge in [-0.15, -0.1) is 0 Å². The van der Waals surface area contributed by atoms with Crippen LogP contribution in [0.5, 0.6) is 0 Å². The minimum Gasteiger partial charge on any atom is -0.375 e. The Bertz CT molecular complexity index is 1490. The predicted molar refractivity (Wildman–Crippen MR) is 133 cm³/mol. The fraction of sp³-hybridized carbons (Fsp3) is 0.480. The van der Waals surface area contributed by atoms with Gasteiger partial charge in [-0.05, 0) is 68.4 Å². The molecule has 6 rings (SSSR count). The predicted octanol–water partition coefficient (Wildman–Crippen LogP) is 3.27. The number of benzene rings is 1. The third-order valence-electron chi connectivity index (χ3n) is 7.57. The molecular weight excluding hydrogens is 480 g/mol. The van der Waals surface area contributed by atoms with Gasteiger partial charge >= 0.3 is 0 Å². The molecule has 10 nitrogen and oxygen atoms in total. The summed E-state index contributed by atoms with van der Waals surface area (Å²) in [5.41, 5.74) is 1.02. The summed E-state index contributed by atoms with van der Waals surface area (Å²) >= 11 is 0. The van der Waals surface area contributed by atoms with Gasteiger partial charge in [0.25, 0.3) is 5.56 Å². The second kappa shape index (κ2) is 9.03. The van der Waals surface area contributed by atoms with Crippen molar-refractivity contribution in [2.75, 3.05) is 18.5 Å². The van der Waals surface area contributed by atoms with Crippen molar-refractivity contribution in [1.29, 1.82) is 5.26 Å². The molecule has 3 aromatic rings. The summed E-state index contributed by atoms with van der Waals surface area (Å²) in [5, 5.41) is 17.7. The monoisotopic (exact) mass is 508 g/mol. The summed E-state index contributed by atoms with van der Waals surface area (Å²) in [6, 6.07) is 10.4. The van der Waals surface area contributed by atoms with Gasteiger partial charge in [0.15, 0.2) is 5.82 Å². The average Bonchev–Trinajstić information content (AvgIpc) is 3.49. The van der Waals surface area contributed by atoms with Crippen LogP contribution in [0.4, 0.5) is 11.5 Å². The number of sulfonamides is 1. The van der Waals surface area contributed by atoms with E-state index in [2.05, 4.69) is 16.4 Å². The number of pyridine rings is 1. The fourth-order valence-corrected chi connectivity index (χ4v) is 7.30. The van der Waals surface area contributed by atoms with Crippen molar-refractivity contribution >= 4 is 32.4 Å². The van der Waals surface area contributed by atoms with Crippen LogP contribution in [0.25, 0.3) is 10.9 Å². The first-order valence-electron chi connectivity index (χ1n) is 12.4. The van der Waals surface area contributed by atoms with Gasteiger partial charge in [0.05, 0.1) is 47.7 Å². The number of hydrogen-bond acceptors (Lipinski definition) is 7. The summed E-state index contributed by atoms with van der Waals surface area (Å²) in [4.78, 5) is 15.6. The molecule has 188 valence electrons. The number of rotatable bonds is 7. The number of aromatic amines is 1. The zero-order chi connectivity index (χ0) is 24.9. The van der Waals surface area contributed by atoms with Crippen molar-refractivity contribution in [1.82, 2.24) is 19.1 Å². The standard InChI is InChI=1S/C25H28N6O4S/c26-12-10-19(16-4-5-16)31-21-11-13-27-25(32)23(21)24(29-31)28-17-6-8-18(9-7-17)36(33,34)30-14-15-35-22-3-1-2-20(22)30/h6-9,11,13,16,19-20,22H,1-5,10,14-15H2,(H,27,32)(H,28,29)/t19-,20?,22?/m0/s1. The van der Waals surface area contributed by atoms with Crippen molar-refractivity contribution in [2.45, 2.75) is 61.6 Å². The summed E-state index contributed by atoms with van der Waals surface area (Å²) in [6.45, 7) is 0.776. The first kappa shape index (κ1) is 23.2. The number of hydrogen-bond donors (Lipinski definition) is 2. The second-order valence-electron chi connectivity index (χ2n) is 9.80. The van der Waals surface area contributed by atoms with Crippen LogP contribution in [-0.2, 0) is 14.8 Å². The van der Waals surface area contributed by atoms with E-state index in [4.69, 9.17) is 9.84 Å². The highest BCUT2D eigenvalue weighted by atomic mass is 32.2. The molecular formula is C25H28N6O4S. The lowest BCUT2D eigenvalue weighted by molar-refractivity contribution is -0.0241. The average molecular weight is 509 g/mol. The highest BCUT2D eigenvalue weighted by molar-refractivity contribution is 7.89. The number of aromatic nitrogens is 3. The minimum atomic E-state index is -3.64. The van der Waals surface area contributed by atoms with Crippen molar-refractivity contribution in [3.05, 3.63) is 46.9 Å². The quantitative estimate of drug-likeness (QED) is 0.500. The maximum atomic E-state index is 13.4. The number of H-pyrrole nitrogens is 1. The molecule has 2 aromatic heterocycles. The second-order valence-corrected chi connectivity index (χ2v) is 11.7. The fourth-order valence-electron chi connectivity index (χ4n) is 5.64. The van der Waals surface area contributed by atoms with Crippen molar-refractivity contribution in [3.8, 4) is 6.07 Å². The van der Waals surface area contributed by atoms with Crippen molar-refractivity contribution in [2.24, 2.45) is 5.92 Å². The van der Waals surface area contributed by atoms with Crippen LogP contribution in [0.2, 0.25) is 0 Å². The number of fused-ring (bicyclic) bond motifs is 2. The van der Waals surface area contributed by atoms with Gasteiger partial charge in [-0.2, -0.15) is 14.7 Å². The lowest BCUT2D eigenvalue weighted by Gasteiger charge is -2.36. The maximum absolute atomic E-state index is 13.4. The molecule has 36 heavy (non-hydrogen) atoms. The van der Waals surface area contributed by atoms with E-state index in [1.54, 1.807) is 45.5 Å². The Labute approximate surface area is 208 Å². The Kier molecular flexibility index (Phi) is 5.82. The molecule has 0 radical (unpaired) electrons. The molecule has 1 aromatic carbocycles. The highest BCUT2D eigenvalue weighted by Gasteiger charge is 2.42. The zero-order valence-electron chi connectivity index (χ0n) is 19.8. The Hall–Kier alpha value is -3.20. The number of nitrogens with one attached hydrogen (secondary N) is 2. The summed E-state index contributed by atoms with van der Waals surface area (Å²) in [5.74, 6) is 0.761. The third-order valence-corrected chi connectivity index (χ3v) is 9.50. The molecule has 2 saturated carbocycles. The van der Waals surface area contributed by atoms with E-state index in [1.807, 2.05) is 0 Å². The van der Waals surface area contributed by atoms with Gasteiger partial charge in [0, 0.05) is 18.4 Å². The Morgan fingerprint density at radius 1 is 1.19 bits per heavy atom. The first-order chi connectivity index (χ1) is 17.5. The molecule has 0 amide bonds. The lowest BCUT2D eigenvalue weighted by atomic mass is 10.1. The topological polar surface area (TPSA) is 133 Å². The van der Waals surface area contributed by atoms with E-state index >= 15 is 0 Å². The van der Waals surface area contributed by atoms with Crippen molar-refractivity contribution < 1.29 is 13.2 Å². The van der Waals surface area contributed by atoms with Crippen LogP contribution < -0.4 is 10.9 Å². The molecule has 1 aliphatic heterocycles. The summed E-state index contributed by atoms with van der Waals surface area (Å²) in [7, 11) is -3.64.